The highest BCUT2D eigenvalue weighted by atomic mass is 16.5. The zero-order chi connectivity index (χ0) is 16.2. The summed E-state index contributed by atoms with van der Waals surface area (Å²) in [5.74, 6) is 2.11. The molecule has 1 aliphatic heterocycles. The van der Waals surface area contributed by atoms with E-state index in [1.807, 2.05) is 43.3 Å². The number of pyridine rings is 1. The SMILES string of the molecule is COc1ccc(OC)c(C2=CC(c3ncccc3C)=C=CO2)c1. The zero-order valence-corrected chi connectivity index (χ0v) is 13.3. The Hall–Kier alpha value is -2.97. The van der Waals surface area contributed by atoms with Crippen LogP contribution in [0.1, 0.15) is 16.8 Å². The van der Waals surface area contributed by atoms with Crippen molar-refractivity contribution in [3.8, 4) is 11.5 Å². The van der Waals surface area contributed by atoms with E-state index in [9.17, 15) is 0 Å². The fourth-order valence-corrected chi connectivity index (χ4v) is 2.42. The first-order valence-corrected chi connectivity index (χ1v) is 7.21. The molecule has 3 rings (SSSR count). The summed E-state index contributed by atoms with van der Waals surface area (Å²) >= 11 is 0. The van der Waals surface area contributed by atoms with Gasteiger partial charge in [-0.15, -0.1) is 0 Å². The molecule has 0 radical (unpaired) electrons. The highest BCUT2D eigenvalue weighted by Gasteiger charge is 2.15. The number of methoxy groups -OCH3 is 2. The Labute approximate surface area is 135 Å². The number of hydrogen-bond donors (Lipinski definition) is 0. The van der Waals surface area contributed by atoms with Gasteiger partial charge >= 0.3 is 0 Å². The minimum Gasteiger partial charge on any atom is -0.497 e. The smallest absolute Gasteiger partial charge is 0.139 e. The van der Waals surface area contributed by atoms with Crippen molar-refractivity contribution in [1.29, 1.82) is 0 Å². The summed E-state index contributed by atoms with van der Waals surface area (Å²) in [6, 6.07) is 9.52. The average molecular weight is 307 g/mol. The second-order valence-corrected chi connectivity index (χ2v) is 5.04. The third-order valence-electron chi connectivity index (χ3n) is 3.61. The summed E-state index contributed by atoms with van der Waals surface area (Å²) in [6.07, 6.45) is 5.22. The Morgan fingerprint density at radius 3 is 2.74 bits per heavy atom. The van der Waals surface area contributed by atoms with Gasteiger partial charge in [0.15, 0.2) is 0 Å². The summed E-state index contributed by atoms with van der Waals surface area (Å²) in [6.45, 7) is 2.02. The van der Waals surface area contributed by atoms with Gasteiger partial charge in [-0.3, -0.25) is 4.98 Å². The topological polar surface area (TPSA) is 40.6 Å². The number of ether oxygens (including phenoxy) is 3. The predicted octanol–water partition coefficient (Wildman–Crippen LogP) is 3.97. The maximum absolute atomic E-state index is 5.64. The molecular formula is C19H17NO3. The maximum Gasteiger partial charge on any atom is 0.139 e. The van der Waals surface area contributed by atoms with Crippen molar-refractivity contribution in [2.75, 3.05) is 14.2 Å². The van der Waals surface area contributed by atoms with Gasteiger partial charge in [-0.25, -0.2) is 0 Å². The average Bonchev–Trinajstić information content (AvgIpc) is 2.61. The number of rotatable bonds is 4. The summed E-state index contributed by atoms with van der Waals surface area (Å²) in [4.78, 5) is 4.43. The molecule has 2 aromatic rings. The number of hydrogen-bond acceptors (Lipinski definition) is 4. The molecule has 0 bridgehead atoms. The summed E-state index contributed by atoms with van der Waals surface area (Å²) < 4.78 is 16.4. The van der Waals surface area contributed by atoms with Crippen LogP contribution in [0.5, 0.6) is 11.5 Å². The van der Waals surface area contributed by atoms with E-state index in [1.165, 1.54) is 6.26 Å². The van der Waals surface area contributed by atoms with Crippen LogP contribution in [-0.2, 0) is 4.74 Å². The van der Waals surface area contributed by atoms with E-state index < -0.39 is 0 Å². The van der Waals surface area contributed by atoms with Crippen LogP contribution in [0, 0.1) is 6.92 Å². The molecule has 1 aromatic heterocycles. The van der Waals surface area contributed by atoms with E-state index in [4.69, 9.17) is 14.2 Å². The van der Waals surface area contributed by atoms with Crippen LogP contribution < -0.4 is 9.47 Å². The first kappa shape index (κ1) is 14.9. The standard InChI is InChI=1S/C19H17NO3/c1-13-5-4-9-20-19(13)14-8-10-23-18(11-14)16-12-15(21-2)6-7-17(16)22-3/h4-7,9-12H,1-3H3. The van der Waals surface area contributed by atoms with Gasteiger partial charge < -0.3 is 14.2 Å². The third-order valence-corrected chi connectivity index (χ3v) is 3.61. The van der Waals surface area contributed by atoms with Gasteiger partial charge in [-0.2, -0.15) is 0 Å². The van der Waals surface area contributed by atoms with Crippen molar-refractivity contribution in [3.63, 3.8) is 0 Å². The van der Waals surface area contributed by atoms with E-state index in [-0.39, 0.29) is 0 Å². The van der Waals surface area contributed by atoms with Gasteiger partial charge in [-0.1, -0.05) is 11.8 Å². The number of allylic oxidation sites excluding steroid dienone is 2. The zero-order valence-electron chi connectivity index (χ0n) is 13.3. The van der Waals surface area contributed by atoms with Crippen molar-refractivity contribution < 1.29 is 14.2 Å². The van der Waals surface area contributed by atoms with Crippen LogP contribution in [0.15, 0.2) is 54.6 Å². The van der Waals surface area contributed by atoms with E-state index >= 15 is 0 Å². The lowest BCUT2D eigenvalue weighted by molar-refractivity contribution is 0.392. The lowest BCUT2D eigenvalue weighted by Crippen LogP contribution is -1.98. The molecule has 0 N–H and O–H groups in total. The molecule has 23 heavy (non-hydrogen) atoms. The first-order valence-electron chi connectivity index (χ1n) is 7.21. The summed E-state index contributed by atoms with van der Waals surface area (Å²) in [7, 11) is 3.26. The Bertz CT molecular complexity index is 830. The van der Waals surface area contributed by atoms with Gasteiger partial charge in [0.05, 0.1) is 25.5 Å². The Morgan fingerprint density at radius 1 is 1.13 bits per heavy atom. The van der Waals surface area contributed by atoms with Crippen LogP contribution in [0.4, 0.5) is 0 Å². The molecule has 1 aromatic carbocycles. The lowest BCUT2D eigenvalue weighted by atomic mass is 10.0. The largest absolute Gasteiger partial charge is 0.497 e. The van der Waals surface area contributed by atoms with Crippen molar-refractivity contribution >= 4 is 11.3 Å². The van der Waals surface area contributed by atoms with Crippen LogP contribution >= 0.6 is 0 Å². The molecule has 0 atom stereocenters. The molecule has 0 fully saturated rings. The van der Waals surface area contributed by atoms with E-state index in [1.54, 1.807) is 20.4 Å². The number of benzene rings is 1. The molecule has 116 valence electrons. The van der Waals surface area contributed by atoms with Crippen molar-refractivity contribution in [2.45, 2.75) is 6.92 Å². The second-order valence-electron chi connectivity index (χ2n) is 5.04. The molecule has 0 saturated heterocycles. The molecule has 1 aliphatic rings. The van der Waals surface area contributed by atoms with Gasteiger partial charge in [0, 0.05) is 11.8 Å². The van der Waals surface area contributed by atoms with Gasteiger partial charge in [0.1, 0.15) is 23.5 Å². The van der Waals surface area contributed by atoms with E-state index in [0.29, 0.717) is 11.5 Å². The molecule has 0 spiro atoms. The van der Waals surface area contributed by atoms with Crippen molar-refractivity contribution in [3.05, 3.63) is 71.4 Å². The third kappa shape index (κ3) is 2.98. The van der Waals surface area contributed by atoms with Crippen molar-refractivity contribution in [2.24, 2.45) is 0 Å². The summed E-state index contributed by atoms with van der Waals surface area (Å²) in [5, 5.41) is 0. The molecule has 4 heteroatoms. The normalized spacial score (nSPS) is 13.0. The minimum absolute atomic E-state index is 0.666. The minimum atomic E-state index is 0.666. The molecule has 0 saturated carbocycles. The van der Waals surface area contributed by atoms with Crippen LogP contribution in [-0.4, -0.2) is 19.2 Å². The first-order chi connectivity index (χ1) is 11.2. The van der Waals surface area contributed by atoms with Gasteiger partial charge in [0.25, 0.3) is 0 Å². The fraction of sp³-hybridized carbons (Fsp3) is 0.158. The lowest BCUT2D eigenvalue weighted by Gasteiger charge is -2.15. The highest BCUT2D eigenvalue weighted by Crippen LogP contribution is 2.34. The van der Waals surface area contributed by atoms with E-state index in [0.717, 1.165) is 28.1 Å². The van der Waals surface area contributed by atoms with E-state index in [2.05, 4.69) is 10.7 Å². The number of nitrogens with zero attached hydrogens (tertiary/aromatic N) is 1. The van der Waals surface area contributed by atoms with Crippen LogP contribution in [0.3, 0.4) is 0 Å². The van der Waals surface area contributed by atoms with Crippen LogP contribution in [0.25, 0.3) is 11.3 Å². The molecule has 0 amide bonds. The van der Waals surface area contributed by atoms with Gasteiger partial charge in [0.2, 0.25) is 0 Å². The monoisotopic (exact) mass is 307 g/mol. The molecule has 0 aliphatic carbocycles. The van der Waals surface area contributed by atoms with Crippen molar-refractivity contribution in [1.82, 2.24) is 4.98 Å². The Kier molecular flexibility index (Phi) is 4.18. The molecule has 0 unspecified atom stereocenters. The summed E-state index contributed by atoms with van der Waals surface area (Å²) in [5.41, 5.74) is 6.75. The maximum atomic E-state index is 5.64. The molecular weight excluding hydrogens is 290 g/mol. The number of aromatic nitrogens is 1. The second kappa shape index (κ2) is 6.42. The highest BCUT2D eigenvalue weighted by molar-refractivity contribution is 5.84. The Morgan fingerprint density at radius 2 is 2.00 bits per heavy atom. The quantitative estimate of drug-likeness (QED) is 0.801. The molecule has 4 nitrogen and oxygen atoms in total. The Balaban J connectivity index is 2.06. The predicted molar refractivity (Wildman–Crippen MR) is 89.1 cm³/mol. The fourth-order valence-electron chi connectivity index (χ4n) is 2.42. The van der Waals surface area contributed by atoms with Gasteiger partial charge in [-0.05, 0) is 42.8 Å². The van der Waals surface area contributed by atoms with Crippen LogP contribution in [0.2, 0.25) is 0 Å². The number of aryl methyl sites for hydroxylation is 1. The molecule has 2 heterocycles.